The van der Waals surface area contributed by atoms with Gasteiger partial charge in [-0.05, 0) is 42.3 Å². The molecule has 0 unspecified atom stereocenters. The molecule has 3 aromatic rings. The highest BCUT2D eigenvalue weighted by molar-refractivity contribution is 7.17. The zero-order valence-corrected chi connectivity index (χ0v) is 16.1. The topological polar surface area (TPSA) is 79.8 Å². The number of carbonyl (C=O) groups is 1. The Kier molecular flexibility index (Phi) is 6.28. The van der Waals surface area contributed by atoms with Crippen LogP contribution in [0.5, 0.6) is 0 Å². The molecule has 0 radical (unpaired) electrons. The molecule has 27 heavy (non-hydrogen) atoms. The van der Waals surface area contributed by atoms with E-state index in [1.807, 2.05) is 25.3 Å². The van der Waals surface area contributed by atoms with E-state index in [0.29, 0.717) is 23.8 Å². The van der Waals surface area contributed by atoms with Crippen molar-refractivity contribution in [1.82, 2.24) is 20.3 Å². The van der Waals surface area contributed by atoms with Crippen molar-refractivity contribution in [2.24, 2.45) is 0 Å². The average molecular weight is 387 g/mol. The molecule has 1 aliphatic rings. The predicted octanol–water partition coefficient (Wildman–Crippen LogP) is 4.15. The van der Waals surface area contributed by atoms with Crippen LogP contribution in [0.25, 0.3) is 10.2 Å². The molecular weight excluding hydrogens is 365 g/mol. The van der Waals surface area contributed by atoms with Crippen LogP contribution < -0.4 is 10.6 Å². The van der Waals surface area contributed by atoms with Crippen molar-refractivity contribution < 1.29 is 9.18 Å². The summed E-state index contributed by atoms with van der Waals surface area (Å²) in [6, 6.07) is 3.50. The van der Waals surface area contributed by atoms with Gasteiger partial charge in [-0.15, -0.1) is 11.3 Å². The van der Waals surface area contributed by atoms with Crippen LogP contribution in [0.3, 0.4) is 0 Å². The first kappa shape index (κ1) is 19.2. The number of hydrogen-bond donors (Lipinski definition) is 2. The maximum Gasteiger partial charge on any atom is 0.271 e. The van der Waals surface area contributed by atoms with Crippen molar-refractivity contribution in [2.75, 3.05) is 5.32 Å². The third-order valence-corrected chi connectivity index (χ3v) is 5.08. The lowest BCUT2D eigenvalue weighted by Crippen LogP contribution is -2.39. The largest absolute Gasteiger partial charge is 0.350 e. The minimum Gasteiger partial charge on any atom is -0.350 e. The molecule has 0 saturated heterocycles. The first-order chi connectivity index (χ1) is 13.2. The van der Waals surface area contributed by atoms with Gasteiger partial charge in [-0.2, -0.15) is 0 Å². The van der Waals surface area contributed by atoms with Gasteiger partial charge in [0, 0.05) is 18.8 Å². The Balaban J connectivity index is 0.00000102. The van der Waals surface area contributed by atoms with Crippen LogP contribution in [0, 0.1) is 5.82 Å². The Hall–Kier alpha value is -2.61. The van der Waals surface area contributed by atoms with Crippen LogP contribution in [0.15, 0.2) is 29.9 Å². The fourth-order valence-electron chi connectivity index (χ4n) is 2.64. The quantitative estimate of drug-likeness (QED) is 0.688. The van der Waals surface area contributed by atoms with E-state index >= 15 is 0 Å². The molecular formula is C19H22FN5OS. The lowest BCUT2D eigenvalue weighted by atomic mass is 9.93. The van der Waals surface area contributed by atoms with E-state index in [9.17, 15) is 9.18 Å². The van der Waals surface area contributed by atoms with Gasteiger partial charge >= 0.3 is 0 Å². The monoisotopic (exact) mass is 387 g/mol. The highest BCUT2D eigenvalue weighted by Gasteiger charge is 2.23. The van der Waals surface area contributed by atoms with E-state index in [1.54, 1.807) is 6.20 Å². The van der Waals surface area contributed by atoms with Gasteiger partial charge in [0.1, 0.15) is 5.82 Å². The standard InChI is InChI=1S/C17H16FN5OS.C2H6/c18-11-6-10(7-19-9-11)8-20-17-22-13-4-5-25-15(13)14(23-17)16(24)21-12-2-1-3-12;1-2/h4-7,9,12H,1-3,8H2,(H,21,24)(H,20,22,23);1-2H3. The molecule has 1 fully saturated rings. The number of carbonyl (C=O) groups excluding carboxylic acids is 1. The Morgan fingerprint density at radius 3 is 2.81 bits per heavy atom. The number of aromatic nitrogens is 3. The second-order valence-corrected chi connectivity index (χ2v) is 6.91. The molecule has 3 aromatic heterocycles. The number of nitrogens with one attached hydrogen (secondary N) is 2. The van der Waals surface area contributed by atoms with Crippen molar-refractivity contribution in [3.63, 3.8) is 0 Å². The van der Waals surface area contributed by atoms with Crippen LogP contribution in [-0.2, 0) is 6.54 Å². The molecule has 142 valence electrons. The lowest BCUT2D eigenvalue weighted by Gasteiger charge is -2.26. The van der Waals surface area contributed by atoms with Crippen molar-refractivity contribution in [3.05, 3.63) is 47.0 Å². The van der Waals surface area contributed by atoms with E-state index in [4.69, 9.17) is 0 Å². The van der Waals surface area contributed by atoms with Crippen molar-refractivity contribution in [2.45, 2.75) is 45.7 Å². The van der Waals surface area contributed by atoms with Crippen LogP contribution in [-0.4, -0.2) is 26.9 Å². The first-order valence-electron chi connectivity index (χ1n) is 9.08. The molecule has 1 saturated carbocycles. The highest BCUT2D eigenvalue weighted by Crippen LogP contribution is 2.25. The number of amides is 1. The number of anilines is 1. The maximum atomic E-state index is 13.2. The molecule has 0 atom stereocenters. The number of pyridine rings is 1. The molecule has 4 rings (SSSR count). The second-order valence-electron chi connectivity index (χ2n) is 6.00. The molecule has 0 bridgehead atoms. The number of hydrogen-bond acceptors (Lipinski definition) is 6. The molecule has 8 heteroatoms. The summed E-state index contributed by atoms with van der Waals surface area (Å²) >= 11 is 1.45. The fourth-order valence-corrected chi connectivity index (χ4v) is 3.45. The molecule has 0 spiro atoms. The van der Waals surface area contributed by atoms with Crippen LogP contribution in [0.4, 0.5) is 10.3 Å². The minimum absolute atomic E-state index is 0.171. The van der Waals surface area contributed by atoms with E-state index in [2.05, 4.69) is 25.6 Å². The van der Waals surface area contributed by atoms with Gasteiger partial charge in [0.2, 0.25) is 5.95 Å². The summed E-state index contributed by atoms with van der Waals surface area (Å²) in [5.41, 5.74) is 1.78. The first-order valence-corrected chi connectivity index (χ1v) is 9.96. The molecule has 2 N–H and O–H groups in total. The van der Waals surface area contributed by atoms with Crippen LogP contribution in [0.1, 0.15) is 49.2 Å². The van der Waals surface area contributed by atoms with E-state index < -0.39 is 5.82 Å². The summed E-state index contributed by atoms with van der Waals surface area (Å²) in [7, 11) is 0. The van der Waals surface area contributed by atoms with Gasteiger partial charge in [-0.3, -0.25) is 9.78 Å². The summed E-state index contributed by atoms with van der Waals surface area (Å²) in [6.45, 7) is 4.32. The van der Waals surface area contributed by atoms with Gasteiger partial charge in [0.05, 0.1) is 16.4 Å². The van der Waals surface area contributed by atoms with Gasteiger partial charge in [0.15, 0.2) is 5.69 Å². The molecule has 1 aliphatic carbocycles. The SMILES string of the molecule is CC.O=C(NC1CCC1)c1nc(NCc2cncc(F)c2)nc2ccsc12. The van der Waals surface area contributed by atoms with E-state index in [0.717, 1.165) is 35.7 Å². The summed E-state index contributed by atoms with van der Waals surface area (Å²) in [5, 5.41) is 7.94. The highest BCUT2D eigenvalue weighted by atomic mass is 32.1. The van der Waals surface area contributed by atoms with Gasteiger partial charge in [-0.25, -0.2) is 14.4 Å². The number of thiophene rings is 1. The molecule has 0 aliphatic heterocycles. The van der Waals surface area contributed by atoms with Gasteiger partial charge < -0.3 is 10.6 Å². The van der Waals surface area contributed by atoms with Gasteiger partial charge in [0.25, 0.3) is 5.91 Å². The zero-order chi connectivity index (χ0) is 19.2. The Morgan fingerprint density at radius 1 is 1.30 bits per heavy atom. The number of fused-ring (bicyclic) bond motifs is 1. The fraction of sp³-hybridized carbons (Fsp3) is 0.368. The third kappa shape index (κ3) is 4.57. The normalized spacial score (nSPS) is 13.4. The van der Waals surface area contributed by atoms with E-state index in [-0.39, 0.29) is 11.9 Å². The summed E-state index contributed by atoms with van der Waals surface area (Å²) in [6.07, 6.45) is 5.91. The summed E-state index contributed by atoms with van der Waals surface area (Å²) < 4.78 is 14.0. The molecule has 0 aromatic carbocycles. The number of nitrogens with zero attached hydrogens (tertiary/aromatic N) is 3. The molecule has 1 amide bonds. The maximum absolute atomic E-state index is 13.2. The number of rotatable bonds is 5. The van der Waals surface area contributed by atoms with E-state index in [1.165, 1.54) is 17.4 Å². The van der Waals surface area contributed by atoms with Crippen LogP contribution in [0.2, 0.25) is 0 Å². The third-order valence-electron chi connectivity index (χ3n) is 4.17. The molecule has 3 heterocycles. The van der Waals surface area contributed by atoms with Gasteiger partial charge in [-0.1, -0.05) is 13.8 Å². The smallest absolute Gasteiger partial charge is 0.271 e. The second kappa shape index (κ2) is 8.85. The zero-order valence-electron chi connectivity index (χ0n) is 15.3. The average Bonchev–Trinajstić information content (AvgIpc) is 3.12. The van der Waals surface area contributed by atoms with Crippen molar-refractivity contribution in [1.29, 1.82) is 0 Å². The summed E-state index contributed by atoms with van der Waals surface area (Å²) in [5.74, 6) is -0.224. The van der Waals surface area contributed by atoms with Crippen LogP contribution >= 0.6 is 11.3 Å². The minimum atomic E-state index is -0.394. The Morgan fingerprint density at radius 2 is 2.11 bits per heavy atom. The van der Waals surface area contributed by atoms with Crippen molar-refractivity contribution >= 4 is 33.4 Å². The number of halogens is 1. The Bertz CT molecular complexity index is 925. The molecule has 6 nitrogen and oxygen atoms in total. The summed E-state index contributed by atoms with van der Waals surface area (Å²) in [4.78, 5) is 25.2. The predicted molar refractivity (Wildman–Crippen MR) is 105 cm³/mol. The Labute approximate surface area is 161 Å². The lowest BCUT2D eigenvalue weighted by molar-refractivity contribution is 0.0914. The van der Waals surface area contributed by atoms with Crippen molar-refractivity contribution in [3.8, 4) is 0 Å².